The molecule has 0 atom stereocenters. The first kappa shape index (κ1) is 11.6. The first-order valence-electron chi connectivity index (χ1n) is 5.84. The van der Waals surface area contributed by atoms with Gasteiger partial charge in [-0.3, -0.25) is 4.99 Å². The highest BCUT2D eigenvalue weighted by molar-refractivity contribution is 5.21. The molecule has 17 heavy (non-hydrogen) atoms. The van der Waals surface area contributed by atoms with E-state index >= 15 is 0 Å². The molecule has 0 radical (unpaired) electrons. The molecule has 0 bridgehead atoms. The molecule has 0 unspecified atom stereocenters. The Kier molecular flexibility index (Phi) is 3.43. The van der Waals surface area contributed by atoms with Gasteiger partial charge in [0.05, 0.1) is 6.54 Å². The summed E-state index contributed by atoms with van der Waals surface area (Å²) in [6, 6.07) is 12.7. The second kappa shape index (κ2) is 5.00. The van der Waals surface area contributed by atoms with E-state index in [1.54, 1.807) is 0 Å². The van der Waals surface area contributed by atoms with Gasteiger partial charge in [0.2, 0.25) is 0 Å². The van der Waals surface area contributed by atoms with Crippen molar-refractivity contribution in [3.63, 3.8) is 0 Å². The highest BCUT2D eigenvalue weighted by atomic mass is 15.0. The van der Waals surface area contributed by atoms with E-state index in [4.69, 9.17) is 0 Å². The minimum atomic E-state index is 0.733. The zero-order valence-electron chi connectivity index (χ0n) is 10.6. The van der Waals surface area contributed by atoms with Gasteiger partial charge in [0, 0.05) is 13.2 Å². The second-order valence-electron chi connectivity index (χ2n) is 4.48. The van der Waals surface area contributed by atoms with Crippen molar-refractivity contribution in [2.75, 3.05) is 0 Å². The van der Waals surface area contributed by atoms with Crippen LogP contribution in [0.15, 0.2) is 47.6 Å². The maximum atomic E-state index is 4.61. The maximum Gasteiger partial charge on any atom is 0.127 e. The monoisotopic (exact) mass is 226 g/mol. The standard InChI is InChI=1S/C15H18N2/c1-12-4-7-14(8-5-12)10-16-15-9-6-13(2)11-17(15)3/h4-9,11H,10H2,1-3H3. The van der Waals surface area contributed by atoms with Crippen LogP contribution in [0, 0.1) is 13.8 Å². The Morgan fingerprint density at radius 3 is 2.24 bits per heavy atom. The third kappa shape index (κ3) is 3.06. The fourth-order valence-electron chi connectivity index (χ4n) is 1.77. The van der Waals surface area contributed by atoms with Crippen LogP contribution in [-0.4, -0.2) is 4.57 Å². The summed E-state index contributed by atoms with van der Waals surface area (Å²) < 4.78 is 2.06. The van der Waals surface area contributed by atoms with E-state index in [1.807, 2.05) is 7.05 Å². The molecule has 1 aromatic heterocycles. The average Bonchev–Trinajstić information content (AvgIpc) is 2.30. The number of nitrogens with zero attached hydrogens (tertiary/aromatic N) is 2. The number of hydrogen-bond donors (Lipinski definition) is 0. The van der Waals surface area contributed by atoms with E-state index in [2.05, 4.69) is 66.0 Å². The molecular formula is C15H18N2. The predicted octanol–water partition coefficient (Wildman–Crippen LogP) is 2.74. The third-order valence-electron chi connectivity index (χ3n) is 2.80. The smallest absolute Gasteiger partial charge is 0.127 e. The summed E-state index contributed by atoms with van der Waals surface area (Å²) in [5, 5.41) is 0. The topological polar surface area (TPSA) is 17.3 Å². The largest absolute Gasteiger partial charge is 0.336 e. The molecule has 1 heterocycles. The Bertz CT molecular complexity index is 562. The lowest BCUT2D eigenvalue weighted by Crippen LogP contribution is -2.17. The Labute approximate surface area is 102 Å². The molecule has 88 valence electrons. The molecule has 0 saturated heterocycles. The van der Waals surface area contributed by atoms with E-state index in [0.717, 1.165) is 12.0 Å². The van der Waals surface area contributed by atoms with Crippen molar-refractivity contribution in [2.24, 2.45) is 12.0 Å². The molecule has 0 aliphatic carbocycles. The molecule has 0 amide bonds. The van der Waals surface area contributed by atoms with Gasteiger partial charge in [0.1, 0.15) is 5.49 Å². The van der Waals surface area contributed by atoms with E-state index in [-0.39, 0.29) is 0 Å². The lowest BCUT2D eigenvalue weighted by molar-refractivity contribution is 0.796. The normalized spacial score (nSPS) is 11.8. The van der Waals surface area contributed by atoms with Gasteiger partial charge in [-0.05, 0) is 31.0 Å². The maximum absolute atomic E-state index is 4.61. The molecule has 2 rings (SSSR count). The Morgan fingerprint density at radius 1 is 0.941 bits per heavy atom. The van der Waals surface area contributed by atoms with Gasteiger partial charge in [0.15, 0.2) is 0 Å². The molecule has 1 aromatic carbocycles. The first-order valence-corrected chi connectivity index (χ1v) is 5.84. The second-order valence-corrected chi connectivity index (χ2v) is 4.48. The molecular weight excluding hydrogens is 208 g/mol. The van der Waals surface area contributed by atoms with E-state index < -0.39 is 0 Å². The summed E-state index contributed by atoms with van der Waals surface area (Å²) in [5.41, 5.74) is 4.80. The average molecular weight is 226 g/mol. The molecule has 2 heteroatoms. The van der Waals surface area contributed by atoms with Crippen LogP contribution in [0.2, 0.25) is 0 Å². The highest BCUT2D eigenvalue weighted by Crippen LogP contribution is 2.03. The minimum Gasteiger partial charge on any atom is -0.336 e. The molecule has 0 fully saturated rings. The van der Waals surface area contributed by atoms with Crippen LogP contribution in [0.4, 0.5) is 0 Å². The lowest BCUT2D eigenvalue weighted by atomic mass is 10.1. The van der Waals surface area contributed by atoms with Crippen LogP contribution in [0.3, 0.4) is 0 Å². The van der Waals surface area contributed by atoms with Gasteiger partial charge in [-0.1, -0.05) is 35.9 Å². The summed E-state index contributed by atoms with van der Waals surface area (Å²) in [4.78, 5) is 4.61. The number of aromatic nitrogens is 1. The zero-order valence-corrected chi connectivity index (χ0v) is 10.6. The molecule has 2 nitrogen and oxygen atoms in total. The molecule has 0 aliphatic heterocycles. The van der Waals surface area contributed by atoms with Gasteiger partial charge >= 0.3 is 0 Å². The van der Waals surface area contributed by atoms with Gasteiger partial charge in [0.25, 0.3) is 0 Å². The first-order chi connectivity index (χ1) is 8.15. The molecule has 0 spiro atoms. The Morgan fingerprint density at radius 2 is 1.59 bits per heavy atom. The molecule has 0 saturated carbocycles. The number of rotatable bonds is 2. The van der Waals surface area contributed by atoms with Crippen LogP contribution in [0.1, 0.15) is 16.7 Å². The molecule has 2 aromatic rings. The van der Waals surface area contributed by atoms with E-state index in [1.165, 1.54) is 16.7 Å². The molecule has 0 N–H and O–H groups in total. The van der Waals surface area contributed by atoms with Crippen molar-refractivity contribution in [3.8, 4) is 0 Å². The fraction of sp³-hybridized carbons (Fsp3) is 0.267. The lowest BCUT2D eigenvalue weighted by Gasteiger charge is -2.02. The van der Waals surface area contributed by atoms with Crippen molar-refractivity contribution < 1.29 is 0 Å². The van der Waals surface area contributed by atoms with E-state index in [9.17, 15) is 0 Å². The van der Waals surface area contributed by atoms with E-state index in [0.29, 0.717) is 0 Å². The number of hydrogen-bond acceptors (Lipinski definition) is 1. The number of aryl methyl sites for hydroxylation is 3. The zero-order chi connectivity index (χ0) is 12.3. The Balaban J connectivity index is 2.23. The quantitative estimate of drug-likeness (QED) is 0.749. The number of benzene rings is 1. The fourth-order valence-corrected chi connectivity index (χ4v) is 1.77. The van der Waals surface area contributed by atoms with Crippen LogP contribution in [0.25, 0.3) is 0 Å². The van der Waals surface area contributed by atoms with Crippen molar-refractivity contribution in [3.05, 3.63) is 64.8 Å². The summed E-state index contributed by atoms with van der Waals surface area (Å²) in [5.74, 6) is 0. The van der Waals surface area contributed by atoms with Crippen LogP contribution < -0.4 is 5.49 Å². The summed E-state index contributed by atoms with van der Waals surface area (Å²) >= 11 is 0. The Hall–Kier alpha value is -1.83. The minimum absolute atomic E-state index is 0.733. The highest BCUT2D eigenvalue weighted by Gasteiger charge is 1.92. The SMILES string of the molecule is Cc1ccc(CN=c2ccc(C)cn2C)cc1. The third-order valence-corrected chi connectivity index (χ3v) is 2.80. The summed E-state index contributed by atoms with van der Waals surface area (Å²) in [7, 11) is 2.03. The van der Waals surface area contributed by atoms with Crippen LogP contribution in [0.5, 0.6) is 0 Å². The van der Waals surface area contributed by atoms with Crippen molar-refractivity contribution >= 4 is 0 Å². The molecule has 0 aliphatic rings. The number of pyridine rings is 1. The van der Waals surface area contributed by atoms with Crippen molar-refractivity contribution in [1.82, 2.24) is 4.57 Å². The van der Waals surface area contributed by atoms with Crippen molar-refractivity contribution in [2.45, 2.75) is 20.4 Å². The van der Waals surface area contributed by atoms with Gasteiger partial charge < -0.3 is 4.57 Å². The summed E-state index contributed by atoms with van der Waals surface area (Å²) in [6.07, 6.45) is 2.09. The van der Waals surface area contributed by atoms with Crippen LogP contribution in [-0.2, 0) is 13.6 Å². The van der Waals surface area contributed by atoms with Gasteiger partial charge in [-0.15, -0.1) is 0 Å². The van der Waals surface area contributed by atoms with Crippen LogP contribution >= 0.6 is 0 Å². The predicted molar refractivity (Wildman–Crippen MR) is 70.6 cm³/mol. The van der Waals surface area contributed by atoms with Gasteiger partial charge in [-0.2, -0.15) is 0 Å². The summed E-state index contributed by atoms with van der Waals surface area (Å²) in [6.45, 7) is 4.92. The van der Waals surface area contributed by atoms with Gasteiger partial charge in [-0.25, -0.2) is 0 Å². The van der Waals surface area contributed by atoms with Crippen molar-refractivity contribution in [1.29, 1.82) is 0 Å².